The Morgan fingerprint density at radius 3 is 2.88 bits per heavy atom. The van der Waals surface area contributed by atoms with E-state index in [0.717, 1.165) is 54.0 Å². The second kappa shape index (κ2) is 7.48. The standard InChI is InChI=1S/C20H21ClN4O/c1-13-8-9-14(11-17(13)21)23-20-24-18-7-3-2-6-16(18)19(25-20)22-12-15-5-4-10-26-15/h2-3,6-9,11,15H,4-5,10,12H2,1H3,(H2,22,23,24,25). The van der Waals surface area contributed by atoms with E-state index < -0.39 is 0 Å². The lowest BCUT2D eigenvalue weighted by Gasteiger charge is -2.14. The quantitative estimate of drug-likeness (QED) is 0.669. The summed E-state index contributed by atoms with van der Waals surface area (Å²) in [4.78, 5) is 9.30. The molecule has 0 aliphatic carbocycles. The maximum atomic E-state index is 6.22. The maximum absolute atomic E-state index is 6.22. The fourth-order valence-electron chi connectivity index (χ4n) is 3.08. The van der Waals surface area contributed by atoms with Crippen LogP contribution >= 0.6 is 11.6 Å². The summed E-state index contributed by atoms with van der Waals surface area (Å²) >= 11 is 6.22. The summed E-state index contributed by atoms with van der Waals surface area (Å²) in [6, 6.07) is 13.8. The van der Waals surface area contributed by atoms with Gasteiger partial charge in [-0.2, -0.15) is 4.98 Å². The van der Waals surface area contributed by atoms with Crippen LogP contribution in [-0.4, -0.2) is 29.2 Å². The van der Waals surface area contributed by atoms with Gasteiger partial charge in [-0.3, -0.25) is 0 Å². The molecule has 4 rings (SSSR count). The van der Waals surface area contributed by atoms with Crippen LogP contribution in [0.5, 0.6) is 0 Å². The summed E-state index contributed by atoms with van der Waals surface area (Å²) in [7, 11) is 0. The average Bonchev–Trinajstić information content (AvgIpc) is 3.16. The van der Waals surface area contributed by atoms with Crippen LogP contribution in [0.2, 0.25) is 5.02 Å². The Labute approximate surface area is 157 Å². The summed E-state index contributed by atoms with van der Waals surface area (Å²) in [5, 5.41) is 8.40. The van der Waals surface area contributed by atoms with E-state index >= 15 is 0 Å². The van der Waals surface area contributed by atoms with Crippen LogP contribution < -0.4 is 10.6 Å². The van der Waals surface area contributed by atoms with Crippen molar-refractivity contribution < 1.29 is 4.74 Å². The molecule has 1 saturated heterocycles. The van der Waals surface area contributed by atoms with Gasteiger partial charge in [-0.25, -0.2) is 4.98 Å². The van der Waals surface area contributed by atoms with E-state index in [-0.39, 0.29) is 6.10 Å². The van der Waals surface area contributed by atoms with E-state index in [0.29, 0.717) is 11.0 Å². The summed E-state index contributed by atoms with van der Waals surface area (Å²) in [6.07, 6.45) is 2.46. The third-order valence-electron chi connectivity index (χ3n) is 4.55. The van der Waals surface area contributed by atoms with Crippen LogP contribution in [0.4, 0.5) is 17.5 Å². The molecule has 134 valence electrons. The van der Waals surface area contributed by atoms with E-state index in [1.165, 1.54) is 0 Å². The number of nitrogens with zero attached hydrogens (tertiary/aromatic N) is 2. The second-order valence-corrected chi connectivity index (χ2v) is 6.93. The zero-order chi connectivity index (χ0) is 17.9. The van der Waals surface area contributed by atoms with Gasteiger partial charge >= 0.3 is 0 Å². The topological polar surface area (TPSA) is 59.1 Å². The molecule has 1 aliphatic heterocycles. The molecule has 3 aromatic rings. The molecule has 6 heteroatoms. The van der Waals surface area contributed by atoms with Crippen LogP contribution in [0.15, 0.2) is 42.5 Å². The summed E-state index contributed by atoms with van der Waals surface area (Å²) in [6.45, 7) is 3.57. The molecule has 2 heterocycles. The van der Waals surface area contributed by atoms with Gasteiger partial charge in [0.1, 0.15) is 5.82 Å². The first kappa shape index (κ1) is 17.1. The number of hydrogen-bond acceptors (Lipinski definition) is 5. The van der Waals surface area contributed by atoms with Gasteiger partial charge < -0.3 is 15.4 Å². The number of hydrogen-bond donors (Lipinski definition) is 2. The number of nitrogens with one attached hydrogen (secondary N) is 2. The number of aryl methyl sites for hydroxylation is 1. The normalized spacial score (nSPS) is 16.8. The number of ether oxygens (including phenoxy) is 1. The Bertz CT molecular complexity index is 925. The molecule has 2 N–H and O–H groups in total. The first-order chi connectivity index (χ1) is 12.7. The fraction of sp³-hybridized carbons (Fsp3) is 0.300. The first-order valence-corrected chi connectivity index (χ1v) is 9.22. The molecule has 0 amide bonds. The van der Waals surface area contributed by atoms with E-state index in [1.807, 2.05) is 49.4 Å². The molecule has 2 aromatic carbocycles. The first-order valence-electron chi connectivity index (χ1n) is 8.84. The molecule has 1 aliphatic rings. The minimum absolute atomic E-state index is 0.246. The van der Waals surface area contributed by atoms with E-state index in [1.54, 1.807) is 0 Å². The van der Waals surface area contributed by atoms with Gasteiger partial charge in [-0.15, -0.1) is 0 Å². The van der Waals surface area contributed by atoms with E-state index in [2.05, 4.69) is 20.6 Å². The number of halogens is 1. The summed E-state index contributed by atoms with van der Waals surface area (Å²) < 4.78 is 5.70. The maximum Gasteiger partial charge on any atom is 0.229 e. The van der Waals surface area contributed by atoms with Crippen molar-refractivity contribution in [3.8, 4) is 0 Å². The minimum atomic E-state index is 0.246. The van der Waals surface area contributed by atoms with Gasteiger partial charge in [0, 0.05) is 29.2 Å². The molecule has 1 unspecified atom stereocenters. The van der Waals surface area contributed by atoms with Gasteiger partial charge in [0.2, 0.25) is 5.95 Å². The highest BCUT2D eigenvalue weighted by molar-refractivity contribution is 6.31. The molecule has 0 bridgehead atoms. The number of benzene rings is 2. The zero-order valence-corrected chi connectivity index (χ0v) is 15.4. The number of rotatable bonds is 5. The Hall–Kier alpha value is -2.37. The van der Waals surface area contributed by atoms with Crippen molar-refractivity contribution in [2.24, 2.45) is 0 Å². The molecule has 0 spiro atoms. The molecule has 1 fully saturated rings. The van der Waals surface area contributed by atoms with Crippen molar-refractivity contribution in [3.63, 3.8) is 0 Å². The largest absolute Gasteiger partial charge is 0.376 e. The van der Waals surface area contributed by atoms with Crippen molar-refractivity contribution in [1.29, 1.82) is 0 Å². The van der Waals surface area contributed by atoms with Crippen LogP contribution in [0.3, 0.4) is 0 Å². The van der Waals surface area contributed by atoms with E-state index in [4.69, 9.17) is 16.3 Å². The van der Waals surface area contributed by atoms with Crippen LogP contribution in [0.1, 0.15) is 18.4 Å². The van der Waals surface area contributed by atoms with Crippen molar-refractivity contribution in [3.05, 3.63) is 53.1 Å². The monoisotopic (exact) mass is 368 g/mol. The lowest BCUT2D eigenvalue weighted by Crippen LogP contribution is -2.19. The molecular weight excluding hydrogens is 348 g/mol. The smallest absolute Gasteiger partial charge is 0.229 e. The van der Waals surface area contributed by atoms with Crippen molar-refractivity contribution >= 4 is 40.0 Å². The Morgan fingerprint density at radius 2 is 2.08 bits per heavy atom. The second-order valence-electron chi connectivity index (χ2n) is 6.52. The molecule has 0 radical (unpaired) electrons. The lowest BCUT2D eigenvalue weighted by atomic mass is 10.2. The SMILES string of the molecule is Cc1ccc(Nc2nc(NCC3CCCO3)c3ccccc3n2)cc1Cl. The zero-order valence-electron chi connectivity index (χ0n) is 14.6. The predicted molar refractivity (Wildman–Crippen MR) is 106 cm³/mol. The van der Waals surface area contributed by atoms with Gasteiger partial charge in [-0.1, -0.05) is 29.8 Å². The van der Waals surface area contributed by atoms with Gasteiger partial charge in [-0.05, 0) is 49.6 Å². The van der Waals surface area contributed by atoms with Crippen LogP contribution in [0, 0.1) is 6.92 Å². The summed E-state index contributed by atoms with van der Waals surface area (Å²) in [5.74, 6) is 1.35. The van der Waals surface area contributed by atoms with E-state index in [9.17, 15) is 0 Å². The number of fused-ring (bicyclic) bond motifs is 1. The lowest BCUT2D eigenvalue weighted by molar-refractivity contribution is 0.120. The number of anilines is 3. The predicted octanol–water partition coefficient (Wildman–Crippen LogP) is 4.93. The fourth-order valence-corrected chi connectivity index (χ4v) is 3.26. The van der Waals surface area contributed by atoms with Crippen molar-refractivity contribution in [2.75, 3.05) is 23.8 Å². The van der Waals surface area contributed by atoms with Crippen molar-refractivity contribution in [2.45, 2.75) is 25.9 Å². The van der Waals surface area contributed by atoms with Gasteiger partial charge in [0.05, 0.1) is 11.6 Å². The molecule has 26 heavy (non-hydrogen) atoms. The highest BCUT2D eigenvalue weighted by Crippen LogP contribution is 2.26. The number of para-hydroxylation sites is 1. The Kier molecular flexibility index (Phi) is 4.91. The highest BCUT2D eigenvalue weighted by Gasteiger charge is 2.16. The van der Waals surface area contributed by atoms with Crippen LogP contribution in [-0.2, 0) is 4.74 Å². The number of aromatic nitrogens is 2. The minimum Gasteiger partial charge on any atom is -0.376 e. The molecule has 0 saturated carbocycles. The third-order valence-corrected chi connectivity index (χ3v) is 4.96. The Balaban J connectivity index is 1.62. The molecule has 1 atom stereocenters. The van der Waals surface area contributed by atoms with Crippen LogP contribution in [0.25, 0.3) is 10.9 Å². The van der Waals surface area contributed by atoms with Crippen molar-refractivity contribution in [1.82, 2.24) is 9.97 Å². The molecule has 5 nitrogen and oxygen atoms in total. The van der Waals surface area contributed by atoms with Gasteiger partial charge in [0.25, 0.3) is 0 Å². The van der Waals surface area contributed by atoms with Gasteiger partial charge in [0.15, 0.2) is 0 Å². The molecular formula is C20H21ClN4O. The summed E-state index contributed by atoms with van der Waals surface area (Å²) in [5.41, 5.74) is 2.79. The average molecular weight is 369 g/mol. The highest BCUT2D eigenvalue weighted by atomic mass is 35.5. The third kappa shape index (κ3) is 3.74. The molecule has 1 aromatic heterocycles. The Morgan fingerprint density at radius 1 is 1.19 bits per heavy atom.